The molecule has 0 amide bonds. The molecule has 0 saturated heterocycles. The molecule has 104 valence electrons. The van der Waals surface area contributed by atoms with Crippen molar-refractivity contribution in [3.63, 3.8) is 0 Å². The van der Waals surface area contributed by atoms with Gasteiger partial charge in [0, 0.05) is 6.04 Å². The third kappa shape index (κ3) is 2.28. The summed E-state index contributed by atoms with van der Waals surface area (Å²) in [7, 11) is 0. The van der Waals surface area contributed by atoms with E-state index in [2.05, 4.69) is 11.1 Å². The van der Waals surface area contributed by atoms with Crippen LogP contribution in [0.3, 0.4) is 0 Å². The van der Waals surface area contributed by atoms with Crippen molar-refractivity contribution in [3.8, 4) is 11.8 Å². The van der Waals surface area contributed by atoms with Crippen molar-refractivity contribution in [2.45, 2.75) is 19.4 Å². The maximum absolute atomic E-state index is 9.07. The maximum atomic E-state index is 9.07. The number of imidazole rings is 1. The summed E-state index contributed by atoms with van der Waals surface area (Å²) in [6, 6.07) is 18.0. The molecule has 2 aromatic carbocycles. The van der Waals surface area contributed by atoms with Crippen LogP contribution in [-0.2, 0) is 6.42 Å². The molecule has 2 N–H and O–H groups in total. The molecular formula is C17H16N4. The Kier molecular flexibility index (Phi) is 3.43. The number of nitrogens with zero attached hydrogens (tertiary/aromatic N) is 3. The molecule has 3 rings (SSSR count). The third-order valence-corrected chi connectivity index (χ3v) is 3.54. The Hall–Kier alpha value is -2.64. The van der Waals surface area contributed by atoms with Gasteiger partial charge in [0.1, 0.15) is 5.82 Å². The maximum Gasteiger partial charge on any atom is 0.128 e. The number of fused-ring (bicyclic) bond motifs is 1. The minimum Gasteiger partial charge on any atom is -0.324 e. The Morgan fingerprint density at radius 3 is 2.67 bits per heavy atom. The van der Waals surface area contributed by atoms with E-state index in [1.54, 1.807) is 0 Å². The van der Waals surface area contributed by atoms with Gasteiger partial charge in [0.25, 0.3) is 0 Å². The molecule has 0 aliphatic heterocycles. The van der Waals surface area contributed by atoms with E-state index >= 15 is 0 Å². The van der Waals surface area contributed by atoms with Gasteiger partial charge in [0.05, 0.1) is 29.2 Å². The van der Waals surface area contributed by atoms with Crippen LogP contribution in [0.1, 0.15) is 24.4 Å². The van der Waals surface area contributed by atoms with Gasteiger partial charge in [-0.05, 0) is 30.7 Å². The lowest BCUT2D eigenvalue weighted by molar-refractivity contribution is 0.800. The van der Waals surface area contributed by atoms with Crippen molar-refractivity contribution < 1.29 is 0 Å². The average Bonchev–Trinajstić information content (AvgIpc) is 2.85. The number of nitrogens with two attached hydrogens (primary N) is 1. The predicted octanol–water partition coefficient (Wildman–Crippen LogP) is 3.11. The van der Waals surface area contributed by atoms with Crippen molar-refractivity contribution in [2.24, 2.45) is 5.73 Å². The molecule has 1 aromatic heterocycles. The van der Waals surface area contributed by atoms with Crippen LogP contribution in [0.15, 0.2) is 48.5 Å². The highest BCUT2D eigenvalue weighted by Gasteiger charge is 2.15. The first-order valence-electron chi connectivity index (χ1n) is 6.90. The topological polar surface area (TPSA) is 67.6 Å². The number of hydrogen-bond acceptors (Lipinski definition) is 3. The second-order valence-electron chi connectivity index (χ2n) is 5.03. The minimum atomic E-state index is -0.0858. The van der Waals surface area contributed by atoms with Gasteiger partial charge in [-0.1, -0.05) is 30.3 Å². The summed E-state index contributed by atoms with van der Waals surface area (Å²) in [5.41, 5.74) is 10.0. The van der Waals surface area contributed by atoms with Gasteiger partial charge in [0.2, 0.25) is 0 Å². The summed E-state index contributed by atoms with van der Waals surface area (Å²) in [6.07, 6.45) is 0.266. The molecule has 0 aliphatic carbocycles. The van der Waals surface area contributed by atoms with E-state index in [0.717, 1.165) is 28.1 Å². The van der Waals surface area contributed by atoms with Crippen LogP contribution < -0.4 is 5.73 Å². The second kappa shape index (κ2) is 5.39. The lowest BCUT2D eigenvalue weighted by Crippen LogP contribution is -2.11. The zero-order chi connectivity index (χ0) is 14.8. The summed E-state index contributed by atoms with van der Waals surface area (Å²) < 4.78 is 2.04. The van der Waals surface area contributed by atoms with Gasteiger partial charge in [-0.2, -0.15) is 5.26 Å². The molecule has 21 heavy (non-hydrogen) atoms. The monoisotopic (exact) mass is 276 g/mol. The van der Waals surface area contributed by atoms with Gasteiger partial charge in [0.15, 0.2) is 0 Å². The van der Waals surface area contributed by atoms with E-state index in [0.29, 0.717) is 0 Å². The van der Waals surface area contributed by atoms with Crippen LogP contribution in [0.5, 0.6) is 0 Å². The lowest BCUT2D eigenvalue weighted by atomic mass is 10.1. The molecule has 0 saturated carbocycles. The molecule has 1 atom stereocenters. The highest BCUT2D eigenvalue weighted by molar-refractivity contribution is 5.78. The third-order valence-electron chi connectivity index (χ3n) is 3.54. The average molecular weight is 276 g/mol. The van der Waals surface area contributed by atoms with E-state index < -0.39 is 0 Å². The molecule has 0 aliphatic rings. The zero-order valence-electron chi connectivity index (χ0n) is 11.8. The fourth-order valence-electron chi connectivity index (χ4n) is 2.61. The summed E-state index contributed by atoms with van der Waals surface area (Å²) in [5, 5.41) is 9.07. The molecule has 3 aromatic rings. The fourth-order valence-corrected chi connectivity index (χ4v) is 2.61. The van der Waals surface area contributed by atoms with Crippen molar-refractivity contribution in [1.29, 1.82) is 5.26 Å². The summed E-state index contributed by atoms with van der Waals surface area (Å²) in [5.74, 6) is 0.742. The lowest BCUT2D eigenvalue weighted by Gasteiger charge is -2.15. The molecule has 0 spiro atoms. The van der Waals surface area contributed by atoms with Crippen LogP contribution in [0, 0.1) is 11.3 Å². The van der Waals surface area contributed by atoms with E-state index in [9.17, 15) is 0 Å². The Bertz CT molecular complexity index is 824. The van der Waals surface area contributed by atoms with Crippen LogP contribution in [0.4, 0.5) is 0 Å². The molecule has 4 heteroatoms. The molecule has 0 bridgehead atoms. The Morgan fingerprint density at radius 1 is 1.19 bits per heavy atom. The van der Waals surface area contributed by atoms with Crippen LogP contribution >= 0.6 is 0 Å². The predicted molar refractivity (Wildman–Crippen MR) is 83.0 cm³/mol. The van der Waals surface area contributed by atoms with Crippen LogP contribution in [0.2, 0.25) is 0 Å². The molecular weight excluding hydrogens is 260 g/mol. The molecule has 1 unspecified atom stereocenters. The standard InChI is InChI=1S/C17H16N4/c1-12(19)13-6-2-4-8-15(13)21-16-9-5-3-7-14(16)20-17(21)10-11-18/h2-9,12H,10,19H2,1H3. The van der Waals surface area contributed by atoms with E-state index in [1.807, 2.05) is 60.0 Å². The van der Waals surface area contributed by atoms with Gasteiger partial charge in [-0.25, -0.2) is 4.98 Å². The van der Waals surface area contributed by atoms with Crippen molar-refractivity contribution >= 4 is 11.0 Å². The highest BCUT2D eigenvalue weighted by Crippen LogP contribution is 2.26. The quantitative estimate of drug-likeness (QED) is 0.799. The van der Waals surface area contributed by atoms with Crippen molar-refractivity contribution in [3.05, 3.63) is 59.9 Å². The Balaban J connectivity index is 2.34. The van der Waals surface area contributed by atoms with Gasteiger partial charge < -0.3 is 5.73 Å². The smallest absolute Gasteiger partial charge is 0.128 e. The number of rotatable bonds is 3. The van der Waals surface area contributed by atoms with Gasteiger partial charge >= 0.3 is 0 Å². The zero-order valence-corrected chi connectivity index (χ0v) is 11.8. The van der Waals surface area contributed by atoms with Crippen LogP contribution in [-0.4, -0.2) is 9.55 Å². The van der Waals surface area contributed by atoms with E-state index in [-0.39, 0.29) is 12.5 Å². The van der Waals surface area contributed by atoms with Gasteiger partial charge in [-0.3, -0.25) is 4.57 Å². The first-order chi connectivity index (χ1) is 10.2. The number of nitriles is 1. The Morgan fingerprint density at radius 2 is 1.90 bits per heavy atom. The SMILES string of the molecule is CC(N)c1ccccc1-n1c(CC#N)nc2ccccc21. The van der Waals surface area contributed by atoms with Gasteiger partial charge in [-0.15, -0.1) is 0 Å². The summed E-state index contributed by atoms with van der Waals surface area (Å²) in [4.78, 5) is 4.58. The first kappa shape index (κ1) is 13.3. The minimum absolute atomic E-state index is 0.0858. The highest BCUT2D eigenvalue weighted by atomic mass is 15.1. The normalized spacial score (nSPS) is 12.2. The second-order valence-corrected chi connectivity index (χ2v) is 5.03. The number of benzene rings is 2. The number of para-hydroxylation sites is 3. The molecule has 4 nitrogen and oxygen atoms in total. The summed E-state index contributed by atoms with van der Waals surface area (Å²) >= 11 is 0. The number of hydrogen-bond donors (Lipinski definition) is 1. The first-order valence-corrected chi connectivity index (χ1v) is 6.90. The summed E-state index contributed by atoms with van der Waals surface area (Å²) in [6.45, 7) is 1.96. The fraction of sp³-hybridized carbons (Fsp3) is 0.176. The largest absolute Gasteiger partial charge is 0.324 e. The number of aromatic nitrogens is 2. The van der Waals surface area contributed by atoms with Crippen molar-refractivity contribution in [1.82, 2.24) is 9.55 Å². The Labute approximate surface area is 123 Å². The van der Waals surface area contributed by atoms with Crippen molar-refractivity contribution in [2.75, 3.05) is 0 Å². The molecule has 0 radical (unpaired) electrons. The van der Waals surface area contributed by atoms with Crippen LogP contribution in [0.25, 0.3) is 16.7 Å². The molecule has 1 heterocycles. The van der Waals surface area contributed by atoms with E-state index in [4.69, 9.17) is 11.0 Å². The molecule has 0 fully saturated rings. The van der Waals surface area contributed by atoms with E-state index in [1.165, 1.54) is 0 Å².